The van der Waals surface area contributed by atoms with Crippen LogP contribution in [0.2, 0.25) is 0 Å². The van der Waals surface area contributed by atoms with Gasteiger partial charge in [-0.25, -0.2) is 4.68 Å². The van der Waals surface area contributed by atoms with Crippen molar-refractivity contribution in [1.29, 1.82) is 0 Å². The number of carbonyl (C=O) groups is 3. The normalized spacial score (nSPS) is 21.4. The van der Waals surface area contributed by atoms with Crippen molar-refractivity contribution in [3.05, 3.63) is 75.0 Å². The minimum atomic E-state index is -0.914. The fourth-order valence-corrected chi connectivity index (χ4v) is 7.46. The Morgan fingerprint density at radius 3 is 2.61 bits per heavy atom. The van der Waals surface area contributed by atoms with E-state index in [2.05, 4.69) is 26.2 Å². The van der Waals surface area contributed by atoms with Crippen LogP contribution in [-0.4, -0.2) is 67.4 Å². The monoisotopic (exact) mass is 663 g/mol. The van der Waals surface area contributed by atoms with Crippen molar-refractivity contribution in [3.63, 3.8) is 0 Å². The topological polar surface area (TPSA) is 118 Å². The van der Waals surface area contributed by atoms with Crippen molar-refractivity contribution < 1.29 is 24.2 Å². The number of aliphatic carboxylic acids is 1. The number of benzene rings is 2. The molecule has 1 aromatic heterocycles. The van der Waals surface area contributed by atoms with E-state index in [9.17, 15) is 19.5 Å². The van der Waals surface area contributed by atoms with Crippen LogP contribution < -0.4 is 4.74 Å². The first-order valence-corrected chi connectivity index (χ1v) is 16.3. The Labute approximate surface area is 265 Å². The van der Waals surface area contributed by atoms with Gasteiger partial charge in [-0.2, -0.15) is 0 Å². The second-order valence-corrected chi connectivity index (χ2v) is 13.2. The smallest absolute Gasteiger partial charge is 0.307 e. The molecule has 0 radical (unpaired) electrons. The number of carboxylic acid groups (broad SMARTS) is 1. The van der Waals surface area contributed by atoms with E-state index in [4.69, 9.17) is 4.74 Å². The highest BCUT2D eigenvalue weighted by molar-refractivity contribution is 9.10. The van der Waals surface area contributed by atoms with Crippen LogP contribution in [0.4, 0.5) is 0 Å². The molecule has 1 aliphatic carbocycles. The van der Waals surface area contributed by atoms with Gasteiger partial charge in [0.1, 0.15) is 5.75 Å². The number of fused-ring (bicyclic) bond motifs is 2. The molecular weight excluding hydrogens is 626 g/mol. The van der Waals surface area contributed by atoms with Gasteiger partial charge in [0.25, 0.3) is 5.91 Å². The lowest BCUT2D eigenvalue weighted by molar-refractivity contribution is -0.153. The van der Waals surface area contributed by atoms with Crippen molar-refractivity contribution in [2.45, 2.75) is 71.0 Å². The molecule has 0 spiro atoms. The number of carbonyl (C=O) groups excluding carboxylic acids is 2. The number of hydrogen-bond donors (Lipinski definition) is 1. The maximum atomic E-state index is 14.3. The number of aromatic nitrogens is 3. The molecule has 1 fully saturated rings. The highest BCUT2D eigenvalue weighted by Crippen LogP contribution is 2.43. The van der Waals surface area contributed by atoms with E-state index in [0.29, 0.717) is 56.7 Å². The average Bonchev–Trinajstić information content (AvgIpc) is 3.63. The zero-order valence-corrected chi connectivity index (χ0v) is 26.7. The van der Waals surface area contributed by atoms with E-state index < -0.39 is 23.8 Å². The summed E-state index contributed by atoms with van der Waals surface area (Å²) in [6.07, 6.45) is 5.78. The lowest BCUT2D eigenvalue weighted by Crippen LogP contribution is -2.50. The molecule has 3 atom stereocenters. The van der Waals surface area contributed by atoms with Gasteiger partial charge in [0.2, 0.25) is 5.91 Å². The molecule has 1 N–H and O–H groups in total. The molecule has 3 aromatic rings. The van der Waals surface area contributed by atoms with E-state index in [1.54, 1.807) is 4.90 Å². The van der Waals surface area contributed by atoms with Crippen LogP contribution in [0, 0.1) is 11.8 Å². The van der Waals surface area contributed by atoms with Gasteiger partial charge in [-0.1, -0.05) is 52.2 Å². The first-order chi connectivity index (χ1) is 21.2. The van der Waals surface area contributed by atoms with Crippen LogP contribution in [0.1, 0.15) is 84.4 Å². The number of halogens is 1. The number of amides is 2. The Kier molecular flexibility index (Phi) is 8.75. The predicted octanol–water partition coefficient (Wildman–Crippen LogP) is 5.22. The van der Waals surface area contributed by atoms with Gasteiger partial charge in [-0.15, -0.1) is 5.10 Å². The molecule has 2 aliphatic heterocycles. The molecule has 2 aromatic carbocycles. The van der Waals surface area contributed by atoms with E-state index in [1.807, 2.05) is 66.0 Å². The van der Waals surface area contributed by atoms with Gasteiger partial charge >= 0.3 is 5.97 Å². The maximum absolute atomic E-state index is 14.3. The Hall–Kier alpha value is -3.73. The highest BCUT2D eigenvalue weighted by Gasteiger charge is 2.44. The third kappa shape index (κ3) is 5.86. The minimum absolute atomic E-state index is 0.0631. The fourth-order valence-electron chi connectivity index (χ4n) is 6.91. The summed E-state index contributed by atoms with van der Waals surface area (Å²) in [5.74, 6) is -1.75. The number of rotatable bonds is 9. The minimum Gasteiger partial charge on any atom is -0.493 e. The lowest BCUT2D eigenvalue weighted by Gasteiger charge is -2.43. The summed E-state index contributed by atoms with van der Waals surface area (Å²) in [6.45, 7) is 5.64. The molecule has 6 rings (SSSR count). The summed E-state index contributed by atoms with van der Waals surface area (Å²) >= 11 is 3.74. The van der Waals surface area contributed by atoms with Crippen molar-refractivity contribution in [1.82, 2.24) is 24.8 Å². The molecule has 10 nitrogen and oxygen atoms in total. The summed E-state index contributed by atoms with van der Waals surface area (Å²) < 4.78 is 9.16. The summed E-state index contributed by atoms with van der Waals surface area (Å²) in [4.78, 5) is 43.6. The number of nitrogens with zero attached hydrogens (tertiary/aromatic N) is 5. The van der Waals surface area contributed by atoms with E-state index in [-0.39, 0.29) is 24.4 Å². The summed E-state index contributed by atoms with van der Waals surface area (Å²) in [6, 6.07) is 11.2. The van der Waals surface area contributed by atoms with Crippen LogP contribution in [0.15, 0.2) is 47.1 Å². The zero-order valence-electron chi connectivity index (χ0n) is 25.1. The average molecular weight is 665 g/mol. The van der Waals surface area contributed by atoms with Crippen LogP contribution in [0.25, 0.3) is 0 Å². The molecule has 11 heteroatoms. The molecule has 44 heavy (non-hydrogen) atoms. The van der Waals surface area contributed by atoms with Crippen LogP contribution >= 0.6 is 15.9 Å². The third-order valence-corrected chi connectivity index (χ3v) is 9.99. The molecule has 0 bridgehead atoms. The summed E-state index contributed by atoms with van der Waals surface area (Å²) in [5, 5.41) is 18.4. The summed E-state index contributed by atoms with van der Waals surface area (Å²) in [5.41, 5.74) is 4.39. The van der Waals surface area contributed by atoms with Gasteiger partial charge in [0, 0.05) is 53.9 Å². The molecule has 2 amide bonds. The van der Waals surface area contributed by atoms with Gasteiger partial charge in [0.05, 0.1) is 30.2 Å². The Morgan fingerprint density at radius 1 is 1.11 bits per heavy atom. The molecule has 232 valence electrons. The predicted molar refractivity (Wildman–Crippen MR) is 166 cm³/mol. The van der Waals surface area contributed by atoms with Gasteiger partial charge < -0.3 is 19.6 Å². The molecule has 1 saturated carbocycles. The standard InChI is InChI=1S/C33H38BrN5O5/c1-20(2)39-18-22(35-36-39)14-16-44-29-12-11-27(34)26-13-15-38(32(41)24-9-5-6-10-25(24)33(42)43)28(30(26)29)19-37-17-21-7-3-4-8-23(21)31(37)40/h3-4,7-8,11-12,18,20,24-25,28H,5-6,9-10,13-17,19H2,1-2H3,(H,42,43)/t24-,25+,28-/m1/s1. The first kappa shape index (κ1) is 30.3. The van der Waals surface area contributed by atoms with Crippen molar-refractivity contribution in [2.24, 2.45) is 11.8 Å². The van der Waals surface area contributed by atoms with Crippen molar-refractivity contribution in [3.8, 4) is 5.75 Å². The molecule has 3 aliphatic rings. The Balaban J connectivity index is 1.33. The van der Waals surface area contributed by atoms with Gasteiger partial charge in [0.15, 0.2) is 0 Å². The number of hydrogen-bond acceptors (Lipinski definition) is 6. The molecular formula is C33H38BrN5O5. The molecule has 0 unspecified atom stereocenters. The number of ether oxygens (including phenoxy) is 1. The van der Waals surface area contributed by atoms with E-state index in [1.165, 1.54) is 0 Å². The maximum Gasteiger partial charge on any atom is 0.307 e. The number of carboxylic acids is 1. The SMILES string of the molecule is CC(C)n1cc(CCOc2ccc(Br)c3c2[C@@H](CN2Cc4ccccc4C2=O)N(C(=O)[C@@H]2CCCC[C@@H]2C(=O)O)CC3)nn1. The van der Waals surface area contributed by atoms with E-state index >= 15 is 0 Å². The summed E-state index contributed by atoms with van der Waals surface area (Å²) in [7, 11) is 0. The van der Waals surface area contributed by atoms with Crippen LogP contribution in [0.3, 0.4) is 0 Å². The highest BCUT2D eigenvalue weighted by atomic mass is 79.9. The quantitative estimate of drug-likeness (QED) is 0.334. The largest absolute Gasteiger partial charge is 0.493 e. The van der Waals surface area contributed by atoms with Crippen LogP contribution in [0.5, 0.6) is 5.75 Å². The third-order valence-electron chi connectivity index (χ3n) is 9.25. The van der Waals surface area contributed by atoms with Gasteiger partial charge in [-0.05, 0) is 62.4 Å². The second-order valence-electron chi connectivity index (χ2n) is 12.3. The molecule has 0 saturated heterocycles. The Bertz CT molecular complexity index is 1570. The fraction of sp³-hybridized carbons (Fsp3) is 0.485. The Morgan fingerprint density at radius 2 is 1.89 bits per heavy atom. The molecule has 3 heterocycles. The van der Waals surface area contributed by atoms with Crippen molar-refractivity contribution in [2.75, 3.05) is 19.7 Å². The second kappa shape index (κ2) is 12.7. The first-order valence-electron chi connectivity index (χ1n) is 15.5. The van der Waals surface area contributed by atoms with Gasteiger partial charge in [-0.3, -0.25) is 14.4 Å². The van der Waals surface area contributed by atoms with Crippen LogP contribution in [-0.2, 0) is 29.0 Å². The zero-order chi connectivity index (χ0) is 31.0. The lowest BCUT2D eigenvalue weighted by atomic mass is 9.77. The van der Waals surface area contributed by atoms with Crippen molar-refractivity contribution >= 4 is 33.7 Å². The van der Waals surface area contributed by atoms with E-state index in [0.717, 1.165) is 39.7 Å².